The van der Waals surface area contributed by atoms with Crippen LogP contribution in [-0.4, -0.2) is 11.9 Å². The normalized spacial score (nSPS) is 14.6. The van der Waals surface area contributed by atoms with Gasteiger partial charge in [-0.2, -0.15) is 0 Å². The van der Waals surface area contributed by atoms with Crippen LogP contribution in [0.5, 0.6) is 11.5 Å². The fourth-order valence-corrected chi connectivity index (χ4v) is 1.60. The zero-order valence-electron chi connectivity index (χ0n) is 8.63. The maximum Gasteiger partial charge on any atom is 0.231 e. The van der Waals surface area contributed by atoms with E-state index >= 15 is 0 Å². The van der Waals surface area contributed by atoms with Crippen LogP contribution < -0.4 is 9.47 Å². The third-order valence-corrected chi connectivity index (χ3v) is 2.28. The Kier molecular flexibility index (Phi) is 1.93. The first-order valence-corrected chi connectivity index (χ1v) is 4.61. The van der Waals surface area contributed by atoms with Gasteiger partial charge in [-0.25, -0.2) is 0 Å². The van der Waals surface area contributed by atoms with Crippen LogP contribution in [0.4, 0.5) is 0 Å². The van der Waals surface area contributed by atoms with Crippen molar-refractivity contribution in [3.05, 3.63) is 23.3 Å². The first kappa shape index (κ1) is 9.34. The molecule has 0 atom stereocenters. The fourth-order valence-electron chi connectivity index (χ4n) is 1.60. The minimum atomic E-state index is -0.899. The highest BCUT2D eigenvalue weighted by Crippen LogP contribution is 2.41. The number of aryl methyl sites for hydroxylation is 1. The SMILES string of the molecule is Cc1cc2c(c(C(C)(C)O)c1)OCO2. The Labute approximate surface area is 83.3 Å². The monoisotopic (exact) mass is 194 g/mol. The number of benzene rings is 1. The lowest BCUT2D eigenvalue weighted by Gasteiger charge is -2.20. The summed E-state index contributed by atoms with van der Waals surface area (Å²) in [6.45, 7) is 5.69. The molecule has 0 unspecified atom stereocenters. The Hall–Kier alpha value is -1.22. The Morgan fingerprint density at radius 2 is 2.00 bits per heavy atom. The summed E-state index contributed by atoms with van der Waals surface area (Å²) in [5.41, 5.74) is 0.945. The van der Waals surface area contributed by atoms with E-state index in [1.165, 1.54) is 0 Å². The van der Waals surface area contributed by atoms with E-state index in [4.69, 9.17) is 9.47 Å². The van der Waals surface area contributed by atoms with Gasteiger partial charge in [0.05, 0.1) is 5.60 Å². The van der Waals surface area contributed by atoms with Crippen molar-refractivity contribution >= 4 is 0 Å². The molecule has 2 rings (SSSR count). The van der Waals surface area contributed by atoms with Crippen LogP contribution in [-0.2, 0) is 5.60 Å². The zero-order chi connectivity index (χ0) is 10.3. The van der Waals surface area contributed by atoms with E-state index in [1.807, 2.05) is 19.1 Å². The van der Waals surface area contributed by atoms with Gasteiger partial charge in [-0.3, -0.25) is 0 Å². The lowest BCUT2D eigenvalue weighted by atomic mass is 9.95. The summed E-state index contributed by atoms with van der Waals surface area (Å²) in [6, 6.07) is 3.84. The molecule has 14 heavy (non-hydrogen) atoms. The van der Waals surface area contributed by atoms with Crippen LogP contribution in [0.25, 0.3) is 0 Å². The van der Waals surface area contributed by atoms with Crippen LogP contribution in [0.15, 0.2) is 12.1 Å². The van der Waals surface area contributed by atoms with Gasteiger partial charge >= 0.3 is 0 Å². The van der Waals surface area contributed by atoms with E-state index in [9.17, 15) is 5.11 Å². The van der Waals surface area contributed by atoms with E-state index in [-0.39, 0.29) is 6.79 Å². The first-order chi connectivity index (χ1) is 6.48. The smallest absolute Gasteiger partial charge is 0.231 e. The maximum atomic E-state index is 9.94. The van der Waals surface area contributed by atoms with Crippen molar-refractivity contribution in [1.82, 2.24) is 0 Å². The van der Waals surface area contributed by atoms with E-state index in [2.05, 4.69) is 0 Å². The highest BCUT2D eigenvalue weighted by atomic mass is 16.7. The number of aliphatic hydroxyl groups is 1. The second-order valence-corrected chi connectivity index (χ2v) is 4.11. The quantitative estimate of drug-likeness (QED) is 0.742. The summed E-state index contributed by atoms with van der Waals surface area (Å²) < 4.78 is 10.6. The fraction of sp³-hybridized carbons (Fsp3) is 0.455. The number of hydrogen-bond donors (Lipinski definition) is 1. The van der Waals surface area contributed by atoms with E-state index in [1.54, 1.807) is 13.8 Å². The Morgan fingerprint density at radius 1 is 1.29 bits per heavy atom. The van der Waals surface area contributed by atoms with E-state index < -0.39 is 5.60 Å². The van der Waals surface area contributed by atoms with Crippen molar-refractivity contribution < 1.29 is 14.6 Å². The molecule has 0 saturated heterocycles. The summed E-state index contributed by atoms with van der Waals surface area (Å²) in [5, 5.41) is 9.94. The highest BCUT2D eigenvalue weighted by molar-refractivity contribution is 5.52. The summed E-state index contributed by atoms with van der Waals surface area (Å²) in [7, 11) is 0. The van der Waals surface area contributed by atoms with Gasteiger partial charge < -0.3 is 14.6 Å². The molecule has 1 N–H and O–H groups in total. The minimum Gasteiger partial charge on any atom is -0.454 e. The molecule has 0 fully saturated rings. The van der Waals surface area contributed by atoms with E-state index in [0.717, 1.165) is 16.9 Å². The van der Waals surface area contributed by atoms with Crippen molar-refractivity contribution in [1.29, 1.82) is 0 Å². The molecular formula is C11H14O3. The number of ether oxygens (including phenoxy) is 2. The molecule has 1 aliphatic rings. The van der Waals surface area contributed by atoms with Crippen molar-refractivity contribution in [2.45, 2.75) is 26.4 Å². The molecule has 0 radical (unpaired) electrons. The predicted octanol–water partition coefficient (Wildman–Crippen LogP) is 1.95. The number of hydrogen-bond acceptors (Lipinski definition) is 3. The molecule has 3 heteroatoms. The maximum absolute atomic E-state index is 9.94. The molecule has 3 nitrogen and oxygen atoms in total. The van der Waals surface area contributed by atoms with Gasteiger partial charge in [-0.1, -0.05) is 0 Å². The summed E-state index contributed by atoms with van der Waals surface area (Å²) >= 11 is 0. The standard InChI is InChI=1S/C11H14O3/c1-7-4-8(11(2,3)12)10-9(5-7)13-6-14-10/h4-5,12H,6H2,1-3H3. The third kappa shape index (κ3) is 1.44. The minimum absolute atomic E-state index is 0.238. The average Bonchev–Trinajstić information content (AvgIpc) is 2.47. The first-order valence-electron chi connectivity index (χ1n) is 4.61. The zero-order valence-corrected chi connectivity index (χ0v) is 8.63. The van der Waals surface area contributed by atoms with Crippen molar-refractivity contribution in [3.8, 4) is 11.5 Å². The molecule has 1 aromatic rings. The van der Waals surface area contributed by atoms with Crippen LogP contribution in [0, 0.1) is 6.92 Å². The number of fused-ring (bicyclic) bond motifs is 1. The third-order valence-electron chi connectivity index (χ3n) is 2.28. The molecule has 0 bridgehead atoms. The molecule has 1 aromatic carbocycles. The molecular weight excluding hydrogens is 180 g/mol. The Balaban J connectivity index is 2.60. The van der Waals surface area contributed by atoms with Crippen molar-refractivity contribution in [2.75, 3.05) is 6.79 Å². The Bertz CT molecular complexity index is 364. The van der Waals surface area contributed by atoms with Gasteiger partial charge in [0, 0.05) is 5.56 Å². The molecule has 0 aliphatic carbocycles. The molecule has 1 heterocycles. The second-order valence-electron chi connectivity index (χ2n) is 4.11. The summed E-state index contributed by atoms with van der Waals surface area (Å²) in [6.07, 6.45) is 0. The Morgan fingerprint density at radius 3 is 2.64 bits per heavy atom. The van der Waals surface area contributed by atoms with Gasteiger partial charge in [-0.05, 0) is 38.5 Å². The topological polar surface area (TPSA) is 38.7 Å². The average molecular weight is 194 g/mol. The number of rotatable bonds is 1. The summed E-state index contributed by atoms with van der Waals surface area (Å²) in [5.74, 6) is 1.39. The lowest BCUT2D eigenvalue weighted by molar-refractivity contribution is 0.0743. The van der Waals surface area contributed by atoms with Crippen molar-refractivity contribution in [3.63, 3.8) is 0 Å². The van der Waals surface area contributed by atoms with Crippen molar-refractivity contribution in [2.24, 2.45) is 0 Å². The molecule has 1 aliphatic heterocycles. The highest BCUT2D eigenvalue weighted by Gasteiger charge is 2.27. The second kappa shape index (κ2) is 2.89. The van der Waals surface area contributed by atoms with Gasteiger partial charge in [-0.15, -0.1) is 0 Å². The van der Waals surface area contributed by atoms with Gasteiger partial charge in [0.15, 0.2) is 11.5 Å². The van der Waals surface area contributed by atoms with Gasteiger partial charge in [0.25, 0.3) is 0 Å². The largest absolute Gasteiger partial charge is 0.454 e. The van der Waals surface area contributed by atoms with Crippen LogP contribution in [0.3, 0.4) is 0 Å². The molecule has 0 aromatic heterocycles. The predicted molar refractivity (Wildman–Crippen MR) is 52.5 cm³/mol. The van der Waals surface area contributed by atoms with E-state index in [0.29, 0.717) is 5.75 Å². The van der Waals surface area contributed by atoms with Gasteiger partial charge in [0.1, 0.15) is 0 Å². The molecule has 0 amide bonds. The molecule has 0 saturated carbocycles. The lowest BCUT2D eigenvalue weighted by Crippen LogP contribution is -2.16. The molecule has 76 valence electrons. The van der Waals surface area contributed by atoms with Crippen LogP contribution in [0.2, 0.25) is 0 Å². The summed E-state index contributed by atoms with van der Waals surface area (Å²) in [4.78, 5) is 0. The van der Waals surface area contributed by atoms with Crippen LogP contribution >= 0.6 is 0 Å². The van der Waals surface area contributed by atoms with Crippen LogP contribution in [0.1, 0.15) is 25.0 Å². The van der Waals surface area contributed by atoms with Gasteiger partial charge in [0.2, 0.25) is 6.79 Å². The molecule has 0 spiro atoms.